The second kappa shape index (κ2) is 9.21. The maximum atomic E-state index is 13.8. The topological polar surface area (TPSA) is 168 Å². The van der Waals surface area contributed by atoms with E-state index in [2.05, 4.69) is 4.98 Å². The smallest absolute Gasteiger partial charge is 0.235 e. The first kappa shape index (κ1) is 25.9. The number of nitrogens with two attached hydrogens (primary N) is 1. The summed E-state index contributed by atoms with van der Waals surface area (Å²) in [5.74, 6) is -10.4. The highest BCUT2D eigenvalue weighted by Gasteiger charge is 2.69. The molecule has 5 rings (SSSR count). The predicted octanol–water partition coefficient (Wildman–Crippen LogP) is 0.0472. The van der Waals surface area contributed by atoms with E-state index in [-0.39, 0.29) is 24.2 Å². The number of carbonyl (C=O) groups excluding carboxylic acids is 5. The van der Waals surface area contributed by atoms with Crippen LogP contribution < -0.4 is 5.73 Å². The minimum absolute atomic E-state index is 0.00937. The van der Waals surface area contributed by atoms with Gasteiger partial charge in [-0.15, -0.1) is 0 Å². The number of aryl methyl sites for hydroxylation is 2. The Kier molecular flexibility index (Phi) is 6.27. The van der Waals surface area contributed by atoms with Crippen molar-refractivity contribution in [3.63, 3.8) is 0 Å². The summed E-state index contributed by atoms with van der Waals surface area (Å²) in [5, 5.41) is 22.3. The summed E-state index contributed by atoms with van der Waals surface area (Å²) in [6.07, 6.45) is 3.11. The molecule has 3 aliphatic carbocycles. The maximum Gasteiger partial charge on any atom is 0.235 e. The summed E-state index contributed by atoms with van der Waals surface area (Å²) in [4.78, 5) is 71.9. The molecule has 1 heterocycles. The van der Waals surface area contributed by atoms with Crippen LogP contribution in [0.25, 0.3) is 0 Å². The molecule has 0 radical (unpaired) electrons. The molecule has 0 aliphatic heterocycles. The van der Waals surface area contributed by atoms with Gasteiger partial charge in [-0.25, -0.2) is 0 Å². The van der Waals surface area contributed by atoms with Crippen LogP contribution in [0.3, 0.4) is 0 Å². The first-order chi connectivity index (χ1) is 18.0. The number of aromatic hydroxyl groups is 1. The molecule has 6 atom stereocenters. The molecule has 1 aromatic carbocycles. The zero-order chi connectivity index (χ0) is 27.5. The second-order valence-electron chi connectivity index (χ2n) is 10.7. The number of aromatic nitrogens is 1. The van der Waals surface area contributed by atoms with Gasteiger partial charge >= 0.3 is 0 Å². The monoisotopic (exact) mass is 519 g/mol. The number of phenolic OH excluding ortho intramolecular Hbond substituents is 1. The number of pyridine rings is 1. The Hall–Kier alpha value is -3.76. The molecule has 4 N–H and O–H groups in total. The van der Waals surface area contributed by atoms with Crippen molar-refractivity contribution in [3.8, 4) is 5.75 Å². The van der Waals surface area contributed by atoms with Crippen LogP contribution in [0, 0.1) is 23.7 Å². The molecular weight excluding hydrogens is 490 g/mol. The number of benzene rings is 1. The van der Waals surface area contributed by atoms with E-state index >= 15 is 0 Å². The summed E-state index contributed by atoms with van der Waals surface area (Å²) >= 11 is 0. The average Bonchev–Trinajstić information content (AvgIpc) is 2.86. The van der Waals surface area contributed by atoms with Crippen molar-refractivity contribution >= 4 is 29.0 Å². The van der Waals surface area contributed by atoms with E-state index in [9.17, 15) is 34.2 Å². The lowest BCUT2D eigenvalue weighted by Crippen LogP contribution is -2.74. The molecule has 0 bridgehead atoms. The Labute approximate surface area is 218 Å². The third kappa shape index (κ3) is 3.70. The van der Waals surface area contributed by atoms with Crippen LogP contribution in [0.5, 0.6) is 5.75 Å². The van der Waals surface area contributed by atoms with Crippen LogP contribution in [-0.2, 0) is 38.4 Å². The standard InChI is InChI=1S/C28H29N3O7/c1-31(2)22-17-12-14-11-16-13(6-8-15-5-3-4-10-30-15)7-9-18(32)20(16)23(33)19(14)25(35)28(17,38)26(36)21(24(22)34)27(29)37/h3-5,7,9-10,14,17,19,21-22,32,38H,6,8,11-12H2,1-2H3,(H2,29,37). The number of phenols is 1. The highest BCUT2D eigenvalue weighted by atomic mass is 16.3. The number of Topliss-reactive ketones (excluding diaryl/α,β-unsaturated/α-hetero) is 4. The molecule has 2 saturated carbocycles. The van der Waals surface area contributed by atoms with Crippen LogP contribution in [-0.4, -0.2) is 74.9 Å². The molecule has 1 amide bonds. The lowest BCUT2D eigenvalue weighted by molar-refractivity contribution is -0.181. The Balaban J connectivity index is 1.56. The quantitative estimate of drug-likeness (QED) is 0.462. The van der Waals surface area contributed by atoms with Gasteiger partial charge in [-0.3, -0.25) is 33.9 Å². The van der Waals surface area contributed by atoms with Gasteiger partial charge in [-0.2, -0.15) is 0 Å². The molecule has 1 aromatic heterocycles. The van der Waals surface area contributed by atoms with Crippen molar-refractivity contribution in [2.45, 2.75) is 37.3 Å². The average molecular weight is 520 g/mol. The zero-order valence-corrected chi connectivity index (χ0v) is 21.1. The van der Waals surface area contributed by atoms with Gasteiger partial charge in [-0.05, 0) is 75.0 Å². The predicted molar refractivity (Wildman–Crippen MR) is 133 cm³/mol. The summed E-state index contributed by atoms with van der Waals surface area (Å²) in [7, 11) is 3.12. The van der Waals surface area contributed by atoms with E-state index in [1.165, 1.54) is 11.0 Å². The summed E-state index contributed by atoms with van der Waals surface area (Å²) in [6.45, 7) is 0. The molecule has 10 heteroatoms. The van der Waals surface area contributed by atoms with Gasteiger partial charge < -0.3 is 15.9 Å². The zero-order valence-electron chi connectivity index (χ0n) is 21.1. The third-order valence-corrected chi connectivity index (χ3v) is 8.42. The van der Waals surface area contributed by atoms with Gasteiger partial charge in [-0.1, -0.05) is 12.1 Å². The van der Waals surface area contributed by atoms with Crippen molar-refractivity contribution < 1.29 is 34.2 Å². The van der Waals surface area contributed by atoms with E-state index in [0.29, 0.717) is 18.4 Å². The first-order valence-corrected chi connectivity index (χ1v) is 12.6. The van der Waals surface area contributed by atoms with Crippen LogP contribution in [0.15, 0.2) is 36.5 Å². The van der Waals surface area contributed by atoms with Crippen molar-refractivity contribution in [1.82, 2.24) is 9.88 Å². The van der Waals surface area contributed by atoms with Crippen LogP contribution >= 0.6 is 0 Å². The number of carbonyl (C=O) groups is 5. The van der Waals surface area contributed by atoms with E-state index in [4.69, 9.17) is 5.73 Å². The Morgan fingerprint density at radius 1 is 1.11 bits per heavy atom. The molecule has 198 valence electrons. The normalized spacial score (nSPS) is 30.6. The fourth-order valence-corrected chi connectivity index (χ4v) is 6.71. The molecule has 2 fully saturated rings. The van der Waals surface area contributed by atoms with Gasteiger partial charge in [0.2, 0.25) is 5.91 Å². The number of rotatable bonds is 5. The molecule has 3 aliphatic rings. The van der Waals surface area contributed by atoms with E-state index in [0.717, 1.165) is 11.3 Å². The Bertz CT molecular complexity index is 1370. The molecule has 2 aromatic rings. The molecule has 0 spiro atoms. The van der Waals surface area contributed by atoms with Gasteiger partial charge in [0.05, 0.1) is 17.5 Å². The van der Waals surface area contributed by atoms with Crippen LogP contribution in [0.4, 0.5) is 0 Å². The highest BCUT2D eigenvalue weighted by Crippen LogP contribution is 2.51. The summed E-state index contributed by atoms with van der Waals surface area (Å²) in [6, 6.07) is 7.63. The van der Waals surface area contributed by atoms with Crippen molar-refractivity contribution in [2.75, 3.05) is 14.1 Å². The Morgan fingerprint density at radius 3 is 2.47 bits per heavy atom. The molecule has 38 heavy (non-hydrogen) atoms. The number of primary amides is 1. The number of nitrogens with zero attached hydrogens (tertiary/aromatic N) is 2. The fraction of sp³-hybridized carbons (Fsp3) is 0.429. The van der Waals surface area contributed by atoms with Gasteiger partial charge in [0.25, 0.3) is 0 Å². The number of hydrogen-bond donors (Lipinski definition) is 3. The van der Waals surface area contributed by atoms with E-state index in [1.54, 1.807) is 26.4 Å². The SMILES string of the molecule is CN(C)C1C(=O)C(C(N)=O)C(=O)C2(O)C(=O)C3C(=O)c4c(O)ccc(CCc5ccccn5)c4CC3CC12. The maximum absolute atomic E-state index is 13.8. The number of aliphatic hydroxyl groups is 1. The van der Waals surface area contributed by atoms with Crippen molar-refractivity contribution in [3.05, 3.63) is 58.9 Å². The largest absolute Gasteiger partial charge is 0.507 e. The number of fused-ring (bicyclic) bond motifs is 3. The Morgan fingerprint density at radius 2 is 1.84 bits per heavy atom. The van der Waals surface area contributed by atoms with Crippen LogP contribution in [0.1, 0.15) is 33.6 Å². The second-order valence-corrected chi connectivity index (χ2v) is 10.7. The lowest BCUT2D eigenvalue weighted by Gasteiger charge is -2.52. The molecule has 10 nitrogen and oxygen atoms in total. The summed E-state index contributed by atoms with van der Waals surface area (Å²) < 4.78 is 0. The number of hydrogen-bond acceptors (Lipinski definition) is 9. The fourth-order valence-electron chi connectivity index (χ4n) is 6.71. The summed E-state index contributed by atoms with van der Waals surface area (Å²) in [5.41, 5.74) is 4.95. The van der Waals surface area contributed by atoms with Gasteiger partial charge in [0.15, 0.2) is 34.7 Å². The van der Waals surface area contributed by atoms with Crippen LogP contribution in [0.2, 0.25) is 0 Å². The third-order valence-electron chi connectivity index (χ3n) is 8.42. The lowest BCUT2D eigenvalue weighted by atomic mass is 9.52. The van der Waals surface area contributed by atoms with Gasteiger partial charge in [0.1, 0.15) is 5.75 Å². The van der Waals surface area contributed by atoms with Crippen molar-refractivity contribution in [1.29, 1.82) is 0 Å². The molecular formula is C28H29N3O7. The van der Waals surface area contributed by atoms with E-state index in [1.807, 2.05) is 18.2 Å². The number of likely N-dealkylation sites (N-methyl/N-ethyl adjacent to an activating group) is 1. The minimum Gasteiger partial charge on any atom is -0.507 e. The van der Waals surface area contributed by atoms with E-state index < -0.39 is 64.4 Å². The minimum atomic E-state index is -2.72. The molecule has 6 unspecified atom stereocenters. The first-order valence-electron chi connectivity index (χ1n) is 12.6. The number of amides is 1. The van der Waals surface area contributed by atoms with Gasteiger partial charge in [0, 0.05) is 17.8 Å². The number of ketones is 4. The van der Waals surface area contributed by atoms with Crippen molar-refractivity contribution in [2.24, 2.45) is 29.4 Å². The molecule has 0 saturated heterocycles. The highest BCUT2D eigenvalue weighted by molar-refractivity contribution is 6.32.